The zero-order valence-electron chi connectivity index (χ0n) is 15.2. The van der Waals surface area contributed by atoms with E-state index in [1.54, 1.807) is 20.4 Å². The number of amides is 1. The number of hydrogen-bond acceptors (Lipinski definition) is 4. The zero-order chi connectivity index (χ0) is 18.6. The van der Waals surface area contributed by atoms with E-state index >= 15 is 0 Å². The number of benzene rings is 1. The van der Waals surface area contributed by atoms with Crippen LogP contribution in [0.15, 0.2) is 47.7 Å². The van der Waals surface area contributed by atoms with Crippen LogP contribution in [0.25, 0.3) is 0 Å². The highest BCUT2D eigenvalue weighted by Crippen LogP contribution is 2.10. The monoisotopic (exact) mass is 358 g/mol. The Balaban J connectivity index is 1.61. The SMILES string of the molecule is CN=C(NCCCn1cccn1)NCC(=O)NCc1ccc(OC)cc1. The average molecular weight is 358 g/mol. The smallest absolute Gasteiger partial charge is 0.239 e. The van der Waals surface area contributed by atoms with E-state index in [0.29, 0.717) is 12.5 Å². The first-order chi connectivity index (χ1) is 12.7. The first-order valence-corrected chi connectivity index (χ1v) is 8.53. The maximum Gasteiger partial charge on any atom is 0.239 e. The standard InChI is InChI=1S/C18H26N6O2/c1-19-18(20-9-3-11-24-12-4-10-23-24)22-14-17(25)21-13-15-5-7-16(26-2)8-6-15/h4-8,10,12H,3,9,11,13-14H2,1-2H3,(H,21,25)(H2,19,20,22). The molecule has 26 heavy (non-hydrogen) atoms. The van der Waals surface area contributed by atoms with Gasteiger partial charge in [0.15, 0.2) is 5.96 Å². The number of carbonyl (C=O) groups excluding carboxylic acids is 1. The molecule has 0 spiro atoms. The van der Waals surface area contributed by atoms with Crippen molar-refractivity contribution in [2.24, 2.45) is 4.99 Å². The molecule has 1 aromatic heterocycles. The number of aliphatic imine (C=N–C) groups is 1. The van der Waals surface area contributed by atoms with Crippen LogP contribution in [0.1, 0.15) is 12.0 Å². The van der Waals surface area contributed by atoms with E-state index in [1.807, 2.05) is 41.2 Å². The van der Waals surface area contributed by atoms with Crippen LogP contribution >= 0.6 is 0 Å². The summed E-state index contributed by atoms with van der Waals surface area (Å²) < 4.78 is 6.99. The van der Waals surface area contributed by atoms with Crippen molar-refractivity contribution in [1.29, 1.82) is 0 Å². The second-order valence-electron chi connectivity index (χ2n) is 5.60. The highest BCUT2D eigenvalue weighted by atomic mass is 16.5. The van der Waals surface area contributed by atoms with Gasteiger partial charge in [0.25, 0.3) is 0 Å². The topological polar surface area (TPSA) is 92.6 Å². The maximum absolute atomic E-state index is 12.0. The van der Waals surface area contributed by atoms with Gasteiger partial charge in [-0.05, 0) is 30.2 Å². The van der Waals surface area contributed by atoms with E-state index in [4.69, 9.17) is 4.74 Å². The Hall–Kier alpha value is -3.03. The molecule has 0 aliphatic carbocycles. The van der Waals surface area contributed by atoms with Gasteiger partial charge in [0.2, 0.25) is 5.91 Å². The van der Waals surface area contributed by atoms with Crippen LogP contribution in [0.3, 0.4) is 0 Å². The number of ether oxygens (including phenoxy) is 1. The van der Waals surface area contributed by atoms with E-state index < -0.39 is 0 Å². The number of nitrogens with one attached hydrogen (secondary N) is 3. The van der Waals surface area contributed by atoms with Gasteiger partial charge in [-0.3, -0.25) is 14.5 Å². The lowest BCUT2D eigenvalue weighted by Gasteiger charge is -2.12. The third-order valence-corrected chi connectivity index (χ3v) is 3.70. The third-order valence-electron chi connectivity index (χ3n) is 3.70. The van der Waals surface area contributed by atoms with Crippen molar-refractivity contribution in [3.05, 3.63) is 48.3 Å². The van der Waals surface area contributed by atoms with Crippen LogP contribution in [0.5, 0.6) is 5.75 Å². The Labute approximate surface area is 153 Å². The number of aromatic nitrogens is 2. The van der Waals surface area contributed by atoms with Crippen LogP contribution in [-0.2, 0) is 17.9 Å². The third kappa shape index (κ3) is 6.84. The highest BCUT2D eigenvalue weighted by molar-refractivity contribution is 5.86. The number of methoxy groups -OCH3 is 1. The van der Waals surface area contributed by atoms with Crippen molar-refractivity contribution in [2.45, 2.75) is 19.5 Å². The van der Waals surface area contributed by atoms with E-state index in [2.05, 4.69) is 26.0 Å². The molecule has 2 rings (SSSR count). The number of rotatable bonds is 9. The molecule has 0 radical (unpaired) electrons. The fourth-order valence-corrected chi connectivity index (χ4v) is 2.27. The molecule has 1 heterocycles. The molecule has 0 saturated heterocycles. The number of guanidine groups is 1. The van der Waals surface area contributed by atoms with Gasteiger partial charge < -0.3 is 20.7 Å². The molecule has 140 valence electrons. The fraction of sp³-hybridized carbons (Fsp3) is 0.389. The molecule has 3 N–H and O–H groups in total. The minimum Gasteiger partial charge on any atom is -0.497 e. The van der Waals surface area contributed by atoms with E-state index in [1.165, 1.54) is 0 Å². The Bertz CT molecular complexity index is 682. The van der Waals surface area contributed by atoms with Crippen LogP contribution < -0.4 is 20.7 Å². The lowest BCUT2D eigenvalue weighted by molar-refractivity contribution is -0.120. The van der Waals surface area contributed by atoms with Gasteiger partial charge in [0.1, 0.15) is 5.75 Å². The normalized spacial score (nSPS) is 11.1. The van der Waals surface area contributed by atoms with E-state index in [9.17, 15) is 4.79 Å². The largest absolute Gasteiger partial charge is 0.497 e. The minimum absolute atomic E-state index is 0.0969. The summed E-state index contributed by atoms with van der Waals surface area (Å²) in [6.07, 6.45) is 4.60. The van der Waals surface area contributed by atoms with Crippen LogP contribution in [0, 0.1) is 0 Å². The Morgan fingerprint density at radius 3 is 2.69 bits per heavy atom. The Morgan fingerprint density at radius 1 is 1.23 bits per heavy atom. The molecule has 0 aliphatic rings. The van der Waals surface area contributed by atoms with Crippen LogP contribution in [0.4, 0.5) is 0 Å². The predicted molar refractivity (Wildman–Crippen MR) is 101 cm³/mol. The van der Waals surface area contributed by atoms with Crippen molar-refractivity contribution in [1.82, 2.24) is 25.7 Å². The maximum atomic E-state index is 12.0. The molecule has 0 unspecified atom stereocenters. The molecule has 1 amide bonds. The molecular weight excluding hydrogens is 332 g/mol. The predicted octanol–water partition coefficient (Wildman–Crippen LogP) is 0.763. The lowest BCUT2D eigenvalue weighted by atomic mass is 10.2. The summed E-state index contributed by atoms with van der Waals surface area (Å²) in [7, 11) is 3.30. The average Bonchev–Trinajstić information content (AvgIpc) is 3.19. The molecule has 1 aromatic carbocycles. The molecule has 0 saturated carbocycles. The molecule has 0 atom stereocenters. The summed E-state index contributed by atoms with van der Waals surface area (Å²) in [6, 6.07) is 9.49. The first kappa shape index (κ1) is 19.3. The Morgan fingerprint density at radius 2 is 2.04 bits per heavy atom. The van der Waals surface area contributed by atoms with E-state index in [0.717, 1.165) is 30.8 Å². The molecule has 0 bridgehead atoms. The van der Waals surface area contributed by atoms with Crippen molar-refractivity contribution < 1.29 is 9.53 Å². The second-order valence-corrected chi connectivity index (χ2v) is 5.60. The number of carbonyl (C=O) groups is 1. The fourth-order valence-electron chi connectivity index (χ4n) is 2.27. The van der Waals surface area contributed by atoms with E-state index in [-0.39, 0.29) is 12.5 Å². The van der Waals surface area contributed by atoms with Gasteiger partial charge >= 0.3 is 0 Å². The quantitative estimate of drug-likeness (QED) is 0.350. The second kappa shape index (κ2) is 10.8. The van der Waals surface area contributed by atoms with Crippen molar-refractivity contribution in [3.63, 3.8) is 0 Å². The van der Waals surface area contributed by atoms with Crippen molar-refractivity contribution >= 4 is 11.9 Å². The summed E-state index contributed by atoms with van der Waals surface area (Å²) in [4.78, 5) is 16.1. The van der Waals surface area contributed by atoms with Gasteiger partial charge in [0, 0.05) is 39.1 Å². The molecule has 2 aromatic rings. The van der Waals surface area contributed by atoms with Crippen LogP contribution in [0.2, 0.25) is 0 Å². The van der Waals surface area contributed by atoms with Gasteiger partial charge in [-0.2, -0.15) is 5.10 Å². The van der Waals surface area contributed by atoms with Crippen molar-refractivity contribution in [2.75, 3.05) is 27.2 Å². The minimum atomic E-state index is -0.0969. The summed E-state index contributed by atoms with van der Waals surface area (Å²) in [5.74, 6) is 1.30. The number of aryl methyl sites for hydroxylation is 1. The van der Waals surface area contributed by atoms with Gasteiger partial charge in [-0.15, -0.1) is 0 Å². The van der Waals surface area contributed by atoms with Crippen LogP contribution in [-0.4, -0.2) is 48.9 Å². The molecule has 0 fully saturated rings. The summed E-state index contributed by atoms with van der Waals surface area (Å²) in [5, 5.41) is 13.2. The highest BCUT2D eigenvalue weighted by Gasteiger charge is 2.04. The molecular formula is C18H26N6O2. The number of hydrogen-bond donors (Lipinski definition) is 3. The number of nitrogens with zero attached hydrogens (tertiary/aromatic N) is 3. The van der Waals surface area contributed by atoms with Gasteiger partial charge in [-0.1, -0.05) is 12.1 Å². The molecule has 8 heteroatoms. The first-order valence-electron chi connectivity index (χ1n) is 8.53. The summed E-state index contributed by atoms with van der Waals surface area (Å²) >= 11 is 0. The lowest BCUT2D eigenvalue weighted by Crippen LogP contribution is -2.43. The summed E-state index contributed by atoms with van der Waals surface area (Å²) in [5.41, 5.74) is 1.01. The zero-order valence-corrected chi connectivity index (χ0v) is 15.2. The summed E-state index contributed by atoms with van der Waals surface area (Å²) in [6.45, 7) is 2.21. The van der Waals surface area contributed by atoms with Crippen molar-refractivity contribution in [3.8, 4) is 5.75 Å². The van der Waals surface area contributed by atoms with Gasteiger partial charge in [0.05, 0.1) is 13.7 Å². The van der Waals surface area contributed by atoms with Gasteiger partial charge in [-0.25, -0.2) is 0 Å². The Kier molecular flexibility index (Phi) is 7.98. The molecule has 0 aliphatic heterocycles. The molecule has 8 nitrogen and oxygen atoms in total.